The maximum absolute atomic E-state index is 13.7. The van der Waals surface area contributed by atoms with Crippen LogP contribution in [0.15, 0.2) is 59.9 Å². The van der Waals surface area contributed by atoms with E-state index in [-0.39, 0.29) is 17.2 Å². The fourth-order valence-corrected chi connectivity index (χ4v) is 2.77. The third kappa shape index (κ3) is 3.16. The average Bonchev–Trinajstić information content (AvgIpc) is 3.02. The van der Waals surface area contributed by atoms with Crippen molar-refractivity contribution in [2.24, 2.45) is 0 Å². The molecule has 0 spiro atoms. The zero-order valence-corrected chi connectivity index (χ0v) is 13.5. The van der Waals surface area contributed by atoms with Crippen LogP contribution >= 0.6 is 11.8 Å². The van der Waals surface area contributed by atoms with Crippen molar-refractivity contribution in [3.05, 3.63) is 72.1 Å². The Balaban J connectivity index is 1.99. The number of benzene rings is 2. The molecule has 0 saturated carbocycles. The molecule has 0 aliphatic rings. The van der Waals surface area contributed by atoms with E-state index in [2.05, 4.69) is 10.3 Å². The third-order valence-electron chi connectivity index (χ3n) is 3.35. The second-order valence-corrected chi connectivity index (χ2v) is 5.65. The van der Waals surface area contributed by atoms with E-state index in [4.69, 9.17) is 0 Å². The van der Waals surface area contributed by atoms with Crippen LogP contribution < -0.4 is 5.32 Å². The van der Waals surface area contributed by atoms with Gasteiger partial charge in [0.25, 0.3) is 5.91 Å². The molecule has 0 bridgehead atoms. The molecule has 0 saturated heterocycles. The first-order valence-corrected chi connectivity index (χ1v) is 8.26. The normalized spacial score (nSPS) is 10.6. The number of anilines is 1. The molecule has 0 fully saturated rings. The van der Waals surface area contributed by atoms with Crippen molar-refractivity contribution in [1.29, 1.82) is 0 Å². The fourth-order valence-electron chi connectivity index (χ4n) is 2.23. The number of aromatic nitrogens is 2. The lowest BCUT2D eigenvalue weighted by Gasteiger charge is -2.11. The number of hydrogen-bond acceptors (Lipinski definition) is 3. The number of nitrogens with one attached hydrogen (secondary N) is 1. The SMILES string of the molecule is CSc1ncc(C(=O)Nc2ccccc2F)n1-c1ccc(F)cc1. The van der Waals surface area contributed by atoms with Gasteiger partial charge < -0.3 is 5.32 Å². The molecule has 1 aromatic heterocycles. The van der Waals surface area contributed by atoms with Gasteiger partial charge in [-0.25, -0.2) is 13.8 Å². The quantitative estimate of drug-likeness (QED) is 0.724. The first kappa shape index (κ1) is 16.2. The van der Waals surface area contributed by atoms with Crippen LogP contribution in [0.2, 0.25) is 0 Å². The van der Waals surface area contributed by atoms with Gasteiger partial charge in [-0.15, -0.1) is 0 Å². The summed E-state index contributed by atoms with van der Waals surface area (Å²) in [7, 11) is 0. The Hall–Kier alpha value is -2.67. The molecule has 1 amide bonds. The lowest BCUT2D eigenvalue weighted by atomic mass is 10.2. The highest BCUT2D eigenvalue weighted by Gasteiger charge is 2.18. The van der Waals surface area contributed by atoms with Crippen LogP contribution in [0.1, 0.15) is 10.5 Å². The average molecular weight is 345 g/mol. The van der Waals surface area contributed by atoms with E-state index in [0.29, 0.717) is 10.8 Å². The van der Waals surface area contributed by atoms with Gasteiger partial charge in [-0.3, -0.25) is 9.36 Å². The number of carbonyl (C=O) groups excluding carboxylic acids is 1. The number of rotatable bonds is 4. The number of para-hydroxylation sites is 1. The molecule has 4 nitrogen and oxygen atoms in total. The lowest BCUT2D eigenvalue weighted by molar-refractivity contribution is 0.101. The molecule has 1 heterocycles. The van der Waals surface area contributed by atoms with Crippen LogP contribution in [0.3, 0.4) is 0 Å². The Morgan fingerprint density at radius 1 is 1.12 bits per heavy atom. The van der Waals surface area contributed by atoms with Gasteiger partial charge in [0.05, 0.1) is 11.9 Å². The van der Waals surface area contributed by atoms with Crippen LogP contribution in [0, 0.1) is 11.6 Å². The smallest absolute Gasteiger partial charge is 0.274 e. The molecule has 0 atom stereocenters. The zero-order chi connectivity index (χ0) is 17.1. The molecule has 0 aliphatic carbocycles. The highest BCUT2D eigenvalue weighted by atomic mass is 32.2. The molecule has 2 aromatic carbocycles. The van der Waals surface area contributed by atoms with E-state index < -0.39 is 11.7 Å². The molecule has 1 N–H and O–H groups in total. The second-order valence-electron chi connectivity index (χ2n) is 4.88. The summed E-state index contributed by atoms with van der Waals surface area (Å²) in [5.74, 6) is -1.40. The van der Waals surface area contributed by atoms with Gasteiger partial charge in [0.1, 0.15) is 17.3 Å². The number of halogens is 2. The predicted octanol–water partition coefficient (Wildman–Crippen LogP) is 4.12. The van der Waals surface area contributed by atoms with E-state index in [1.165, 1.54) is 42.2 Å². The lowest BCUT2D eigenvalue weighted by Crippen LogP contribution is -2.17. The molecule has 0 aliphatic heterocycles. The molecule has 3 rings (SSSR count). The van der Waals surface area contributed by atoms with E-state index in [9.17, 15) is 13.6 Å². The standard InChI is InChI=1S/C17H13F2N3OS/c1-24-17-20-10-15(22(17)12-8-6-11(18)7-9-12)16(23)21-14-5-3-2-4-13(14)19/h2-10H,1H3,(H,21,23). The van der Waals surface area contributed by atoms with Crippen LogP contribution in [-0.4, -0.2) is 21.7 Å². The van der Waals surface area contributed by atoms with Crippen molar-refractivity contribution < 1.29 is 13.6 Å². The zero-order valence-electron chi connectivity index (χ0n) is 12.7. The van der Waals surface area contributed by atoms with Gasteiger partial charge in [0, 0.05) is 5.69 Å². The maximum Gasteiger partial charge on any atom is 0.274 e. The molecule has 0 radical (unpaired) electrons. The van der Waals surface area contributed by atoms with Crippen molar-refractivity contribution >= 4 is 23.4 Å². The van der Waals surface area contributed by atoms with Gasteiger partial charge in [-0.1, -0.05) is 23.9 Å². The predicted molar refractivity (Wildman–Crippen MR) is 89.7 cm³/mol. The highest BCUT2D eigenvalue weighted by molar-refractivity contribution is 7.98. The van der Waals surface area contributed by atoms with E-state index in [1.54, 1.807) is 28.8 Å². The van der Waals surface area contributed by atoms with Crippen molar-refractivity contribution in [2.45, 2.75) is 5.16 Å². The molecule has 122 valence electrons. The Bertz CT molecular complexity index is 878. The van der Waals surface area contributed by atoms with Crippen molar-refractivity contribution in [1.82, 2.24) is 9.55 Å². The summed E-state index contributed by atoms with van der Waals surface area (Å²) in [6.07, 6.45) is 3.23. The Morgan fingerprint density at radius 3 is 2.50 bits per heavy atom. The Kier molecular flexibility index (Phi) is 4.61. The molecule has 3 aromatic rings. The Labute approximate surface area is 141 Å². The minimum Gasteiger partial charge on any atom is -0.318 e. The van der Waals surface area contributed by atoms with E-state index >= 15 is 0 Å². The summed E-state index contributed by atoms with van der Waals surface area (Å²) < 4.78 is 28.5. The number of imidazole rings is 1. The fraction of sp³-hybridized carbons (Fsp3) is 0.0588. The van der Waals surface area contributed by atoms with Gasteiger partial charge >= 0.3 is 0 Å². The molecule has 7 heteroatoms. The first-order valence-electron chi connectivity index (χ1n) is 7.03. The van der Waals surface area contributed by atoms with Gasteiger partial charge in [0.15, 0.2) is 5.16 Å². The Morgan fingerprint density at radius 2 is 1.83 bits per heavy atom. The van der Waals surface area contributed by atoms with Crippen molar-refractivity contribution in [3.63, 3.8) is 0 Å². The minimum absolute atomic E-state index is 0.0834. The summed E-state index contributed by atoms with van der Waals surface area (Å²) in [5.41, 5.74) is 0.909. The largest absolute Gasteiger partial charge is 0.318 e. The molecule has 24 heavy (non-hydrogen) atoms. The molecular weight excluding hydrogens is 332 g/mol. The van der Waals surface area contributed by atoms with Crippen LogP contribution in [0.4, 0.5) is 14.5 Å². The minimum atomic E-state index is -0.524. The highest BCUT2D eigenvalue weighted by Crippen LogP contribution is 2.23. The number of nitrogens with zero attached hydrogens (tertiary/aromatic N) is 2. The van der Waals surface area contributed by atoms with Crippen LogP contribution in [-0.2, 0) is 0 Å². The number of hydrogen-bond donors (Lipinski definition) is 1. The van der Waals surface area contributed by atoms with Crippen LogP contribution in [0.25, 0.3) is 5.69 Å². The summed E-state index contributed by atoms with van der Waals surface area (Å²) in [6.45, 7) is 0. The molecule has 0 unspecified atom stereocenters. The summed E-state index contributed by atoms with van der Waals surface area (Å²) in [4.78, 5) is 16.7. The molecular formula is C17H13F2N3OS. The topological polar surface area (TPSA) is 46.9 Å². The van der Waals surface area contributed by atoms with Gasteiger partial charge in [0.2, 0.25) is 0 Å². The first-order chi connectivity index (χ1) is 11.6. The third-order valence-corrected chi connectivity index (χ3v) is 4.00. The van der Waals surface area contributed by atoms with Gasteiger partial charge in [-0.05, 0) is 42.7 Å². The number of thioether (sulfide) groups is 1. The second kappa shape index (κ2) is 6.84. The summed E-state index contributed by atoms with van der Waals surface area (Å²) in [6, 6.07) is 11.6. The van der Waals surface area contributed by atoms with Gasteiger partial charge in [-0.2, -0.15) is 0 Å². The van der Waals surface area contributed by atoms with Crippen LogP contribution in [0.5, 0.6) is 0 Å². The maximum atomic E-state index is 13.7. The summed E-state index contributed by atoms with van der Waals surface area (Å²) in [5, 5.41) is 3.10. The van der Waals surface area contributed by atoms with Crippen molar-refractivity contribution in [2.75, 3.05) is 11.6 Å². The van der Waals surface area contributed by atoms with Crippen molar-refractivity contribution in [3.8, 4) is 5.69 Å². The number of carbonyl (C=O) groups is 1. The van der Waals surface area contributed by atoms with E-state index in [1.807, 2.05) is 6.26 Å². The number of amides is 1. The van der Waals surface area contributed by atoms with E-state index in [0.717, 1.165) is 0 Å². The summed E-state index contributed by atoms with van der Waals surface area (Å²) >= 11 is 1.35. The monoisotopic (exact) mass is 345 g/mol.